The second-order valence-electron chi connectivity index (χ2n) is 6.29. The maximum absolute atomic E-state index is 10.1. The average molecular weight is 347 g/mol. The lowest BCUT2D eigenvalue weighted by atomic mass is 10.0. The van der Waals surface area contributed by atoms with Gasteiger partial charge in [-0.3, -0.25) is 4.52 Å². The first-order chi connectivity index (χ1) is 11.3. The van der Waals surface area contributed by atoms with Crippen molar-refractivity contribution in [2.75, 3.05) is 13.2 Å². The van der Waals surface area contributed by atoms with E-state index in [0.717, 1.165) is 19.4 Å². The summed E-state index contributed by atoms with van der Waals surface area (Å²) in [7, 11) is -0.182. The largest absolute Gasteiger partial charge is 0.364 e. The van der Waals surface area contributed by atoms with E-state index in [2.05, 4.69) is 0 Å². The van der Waals surface area contributed by atoms with Gasteiger partial charge in [0, 0.05) is 6.61 Å². The summed E-state index contributed by atoms with van der Waals surface area (Å²) in [5.74, 6) is 0. The highest BCUT2D eigenvalue weighted by molar-refractivity contribution is 7.17. The summed E-state index contributed by atoms with van der Waals surface area (Å²) in [5.41, 5.74) is 5.80. The highest BCUT2D eigenvalue weighted by Gasteiger charge is 2.00. The van der Waals surface area contributed by atoms with Gasteiger partial charge in [0.2, 0.25) is 0 Å². The first kappa shape index (κ1) is 23.0. The molecule has 1 atom stereocenters. The van der Waals surface area contributed by atoms with Crippen LogP contribution in [0.1, 0.15) is 96.8 Å². The maximum atomic E-state index is 10.1. The molecule has 23 heavy (non-hydrogen) atoms. The molecule has 0 radical (unpaired) electrons. The minimum Gasteiger partial charge on any atom is -0.364 e. The van der Waals surface area contributed by atoms with E-state index >= 15 is 0 Å². The smallest absolute Gasteiger partial charge is 0.327 e. The molecule has 2 N–H and O–H groups in total. The van der Waals surface area contributed by atoms with Crippen LogP contribution >= 0.6 is 8.69 Å². The third kappa shape index (κ3) is 19.9. The molecule has 0 rings (SSSR count). The fourth-order valence-electron chi connectivity index (χ4n) is 2.79. The van der Waals surface area contributed by atoms with Crippen molar-refractivity contribution in [1.29, 1.82) is 0 Å². The fourth-order valence-corrected chi connectivity index (χ4v) is 2.99. The average Bonchev–Trinajstić information content (AvgIpc) is 2.54. The molecule has 0 aromatic rings. The second-order valence-corrected chi connectivity index (χ2v) is 6.69. The van der Waals surface area contributed by atoms with Crippen molar-refractivity contribution in [3.8, 4) is 0 Å². The number of ether oxygens (including phenoxy) is 1. The highest BCUT2D eigenvalue weighted by Crippen LogP contribution is 2.13. The molecule has 138 valence electrons. The Morgan fingerprint density at radius 3 is 1.65 bits per heavy atom. The predicted molar refractivity (Wildman–Crippen MR) is 97.8 cm³/mol. The molecule has 0 amide bonds. The Hall–Kier alpha value is -0.0200. The van der Waals surface area contributed by atoms with Crippen molar-refractivity contribution in [2.45, 2.75) is 103 Å². The first-order valence-electron chi connectivity index (χ1n) is 9.63. The number of unbranched alkanes of at least 4 members (excludes halogenated alkanes) is 12. The van der Waals surface area contributed by atoms with E-state index in [1.54, 1.807) is 0 Å². The summed E-state index contributed by atoms with van der Waals surface area (Å²) in [6, 6.07) is 0. The Balaban J connectivity index is 3.01. The minimum absolute atomic E-state index is 0.0566. The standard InChI is InChI=1S/C18H38NO3P/c1-2-21-18(19)16-14-12-10-8-6-4-3-5-7-9-11-13-15-17-22-23-20/h18H,2-17,19H2,1H3. The van der Waals surface area contributed by atoms with E-state index in [4.69, 9.17) is 15.0 Å². The lowest BCUT2D eigenvalue weighted by Gasteiger charge is -2.10. The maximum Gasteiger partial charge on any atom is 0.327 e. The van der Waals surface area contributed by atoms with Crippen LogP contribution in [-0.2, 0) is 13.8 Å². The number of hydrogen-bond acceptors (Lipinski definition) is 4. The fraction of sp³-hybridized carbons (Fsp3) is 1.00. The molecule has 0 aliphatic carbocycles. The quantitative estimate of drug-likeness (QED) is 0.177. The van der Waals surface area contributed by atoms with Gasteiger partial charge in [-0.25, -0.2) is 4.57 Å². The first-order valence-corrected chi connectivity index (χ1v) is 10.4. The topological polar surface area (TPSA) is 61.6 Å². The minimum atomic E-state index is -0.182. The molecule has 0 fully saturated rings. The molecule has 0 heterocycles. The molecular weight excluding hydrogens is 309 g/mol. The third-order valence-electron chi connectivity index (χ3n) is 4.16. The molecular formula is C18H38NO3P. The summed E-state index contributed by atoms with van der Waals surface area (Å²) in [6.45, 7) is 3.34. The molecule has 0 aromatic carbocycles. The van der Waals surface area contributed by atoms with Crippen molar-refractivity contribution in [1.82, 2.24) is 0 Å². The predicted octanol–water partition coefficient (Wildman–Crippen LogP) is 5.99. The van der Waals surface area contributed by atoms with E-state index in [1.165, 1.54) is 77.0 Å². The molecule has 0 aromatic heterocycles. The van der Waals surface area contributed by atoms with Crippen LogP contribution in [0.2, 0.25) is 0 Å². The summed E-state index contributed by atoms with van der Waals surface area (Å²) < 4.78 is 20.1. The normalized spacial score (nSPS) is 12.8. The lowest BCUT2D eigenvalue weighted by molar-refractivity contribution is 0.0597. The molecule has 0 aliphatic rings. The molecule has 0 spiro atoms. The summed E-state index contributed by atoms with van der Waals surface area (Å²) in [6.07, 6.45) is 17.8. The van der Waals surface area contributed by atoms with Gasteiger partial charge in [0.25, 0.3) is 0 Å². The van der Waals surface area contributed by atoms with E-state index < -0.39 is 0 Å². The van der Waals surface area contributed by atoms with Crippen LogP contribution in [0.4, 0.5) is 0 Å². The van der Waals surface area contributed by atoms with Crippen molar-refractivity contribution in [3.63, 3.8) is 0 Å². The van der Waals surface area contributed by atoms with Gasteiger partial charge >= 0.3 is 8.69 Å². The molecule has 0 bridgehead atoms. The zero-order valence-electron chi connectivity index (χ0n) is 15.1. The molecule has 1 unspecified atom stereocenters. The van der Waals surface area contributed by atoms with Gasteiger partial charge in [-0.05, 0) is 26.2 Å². The molecule has 4 nitrogen and oxygen atoms in total. The van der Waals surface area contributed by atoms with Crippen LogP contribution in [0.3, 0.4) is 0 Å². The number of rotatable bonds is 19. The van der Waals surface area contributed by atoms with Crippen LogP contribution in [0, 0.1) is 0 Å². The van der Waals surface area contributed by atoms with Crippen LogP contribution in [0.5, 0.6) is 0 Å². The van der Waals surface area contributed by atoms with Gasteiger partial charge < -0.3 is 10.5 Å². The van der Waals surface area contributed by atoms with Gasteiger partial charge in [0.05, 0.1) is 6.61 Å². The van der Waals surface area contributed by atoms with Crippen molar-refractivity contribution in [3.05, 3.63) is 0 Å². The van der Waals surface area contributed by atoms with E-state index in [1.807, 2.05) is 6.92 Å². The number of hydrogen-bond donors (Lipinski definition) is 1. The van der Waals surface area contributed by atoms with Gasteiger partial charge in [0.1, 0.15) is 6.23 Å². The van der Waals surface area contributed by atoms with Crippen molar-refractivity contribution in [2.24, 2.45) is 5.73 Å². The third-order valence-corrected chi connectivity index (χ3v) is 4.45. The van der Waals surface area contributed by atoms with Crippen LogP contribution in [-0.4, -0.2) is 19.4 Å². The van der Waals surface area contributed by atoms with Crippen molar-refractivity contribution >= 4 is 8.69 Å². The Bertz CT molecular complexity index is 242. The molecule has 0 saturated carbocycles. The van der Waals surface area contributed by atoms with Crippen LogP contribution < -0.4 is 5.73 Å². The molecule has 5 heteroatoms. The van der Waals surface area contributed by atoms with Crippen molar-refractivity contribution < 1.29 is 13.8 Å². The van der Waals surface area contributed by atoms with Crippen LogP contribution in [0.15, 0.2) is 0 Å². The van der Waals surface area contributed by atoms with Gasteiger partial charge in [-0.2, -0.15) is 0 Å². The van der Waals surface area contributed by atoms with Crippen LogP contribution in [0.25, 0.3) is 0 Å². The SMILES string of the molecule is CCOC(N)CCCCCCCCCCCCCCCOP=O. The van der Waals surface area contributed by atoms with Gasteiger partial charge in [-0.1, -0.05) is 70.6 Å². The van der Waals surface area contributed by atoms with E-state index in [9.17, 15) is 4.57 Å². The Morgan fingerprint density at radius 2 is 1.22 bits per heavy atom. The molecule has 0 saturated heterocycles. The zero-order valence-corrected chi connectivity index (χ0v) is 16.0. The second kappa shape index (κ2) is 20.0. The lowest BCUT2D eigenvalue weighted by Crippen LogP contribution is -2.23. The Morgan fingerprint density at radius 1 is 0.783 bits per heavy atom. The monoisotopic (exact) mass is 347 g/mol. The van der Waals surface area contributed by atoms with E-state index in [0.29, 0.717) is 6.61 Å². The Kier molecular flexibility index (Phi) is 20.0. The molecule has 0 aliphatic heterocycles. The van der Waals surface area contributed by atoms with Gasteiger partial charge in [0.15, 0.2) is 0 Å². The summed E-state index contributed by atoms with van der Waals surface area (Å²) in [5, 5.41) is 0. The van der Waals surface area contributed by atoms with Gasteiger partial charge in [-0.15, -0.1) is 0 Å². The number of nitrogens with two attached hydrogens (primary N) is 1. The Labute approximate surface area is 145 Å². The summed E-state index contributed by atoms with van der Waals surface area (Å²) >= 11 is 0. The highest BCUT2D eigenvalue weighted by atomic mass is 31.1. The summed E-state index contributed by atoms with van der Waals surface area (Å²) in [4.78, 5) is 0. The zero-order chi connectivity index (χ0) is 17.0. The van der Waals surface area contributed by atoms with E-state index in [-0.39, 0.29) is 14.9 Å².